The van der Waals surface area contributed by atoms with Gasteiger partial charge in [-0.3, -0.25) is 9.69 Å². The summed E-state index contributed by atoms with van der Waals surface area (Å²) in [7, 11) is 3.01. The summed E-state index contributed by atoms with van der Waals surface area (Å²) in [5, 5.41) is 0. The molecule has 0 aliphatic carbocycles. The van der Waals surface area contributed by atoms with Gasteiger partial charge in [-0.05, 0) is 29.3 Å². The topological polar surface area (TPSA) is 90.3 Å². The number of methoxy groups -OCH3 is 2. The molecule has 0 spiro atoms. The summed E-state index contributed by atoms with van der Waals surface area (Å²) in [6, 6.07) is 13.7. The Morgan fingerprint density at radius 2 is 1.61 bits per heavy atom. The average Bonchev–Trinajstić information content (AvgIpc) is 3.15. The van der Waals surface area contributed by atoms with Crippen LogP contribution in [0.3, 0.4) is 0 Å². The Morgan fingerprint density at radius 1 is 0.909 bits per heavy atom. The van der Waals surface area contributed by atoms with Crippen molar-refractivity contribution in [3.63, 3.8) is 0 Å². The van der Waals surface area contributed by atoms with E-state index in [0.717, 1.165) is 11.8 Å². The first-order chi connectivity index (χ1) is 16.1. The molecule has 2 aromatic heterocycles. The summed E-state index contributed by atoms with van der Waals surface area (Å²) < 4.78 is 25.9. The number of anilines is 1. The van der Waals surface area contributed by atoms with Gasteiger partial charge in [0.05, 0.1) is 26.5 Å². The predicted molar refractivity (Wildman–Crippen MR) is 118 cm³/mol. The highest BCUT2D eigenvalue weighted by atomic mass is 19.1. The molecule has 3 heterocycles. The van der Waals surface area contributed by atoms with Crippen molar-refractivity contribution in [1.82, 2.24) is 19.9 Å². The third-order valence-corrected chi connectivity index (χ3v) is 5.39. The van der Waals surface area contributed by atoms with Crippen molar-refractivity contribution in [3.05, 3.63) is 89.6 Å². The van der Waals surface area contributed by atoms with E-state index in [1.54, 1.807) is 18.2 Å². The Labute approximate surface area is 188 Å². The minimum Gasteiger partial charge on any atom is -0.493 e. The number of nitrogens with zero attached hydrogens (tertiary/aromatic N) is 5. The van der Waals surface area contributed by atoms with Crippen LogP contribution in [0.15, 0.2) is 67.1 Å². The van der Waals surface area contributed by atoms with Gasteiger partial charge in [-0.2, -0.15) is 0 Å². The second-order valence-corrected chi connectivity index (χ2v) is 7.22. The fraction of sp³-hybridized carbons (Fsp3) is 0.125. The van der Waals surface area contributed by atoms with Gasteiger partial charge in [0, 0.05) is 18.0 Å². The second-order valence-electron chi connectivity index (χ2n) is 7.22. The van der Waals surface area contributed by atoms with Crippen LogP contribution in [0.2, 0.25) is 0 Å². The van der Waals surface area contributed by atoms with E-state index in [2.05, 4.69) is 19.9 Å². The summed E-state index contributed by atoms with van der Waals surface area (Å²) in [6.07, 6.45) is 4.10. The lowest BCUT2D eigenvalue weighted by Crippen LogP contribution is -2.30. The van der Waals surface area contributed by atoms with Gasteiger partial charge >= 0.3 is 0 Å². The molecule has 0 saturated carbocycles. The summed E-state index contributed by atoms with van der Waals surface area (Å²) in [4.78, 5) is 31.6. The highest BCUT2D eigenvalue weighted by Crippen LogP contribution is 2.45. The second kappa shape index (κ2) is 8.27. The summed E-state index contributed by atoms with van der Waals surface area (Å²) >= 11 is 0. The number of benzene rings is 2. The number of carbonyl (C=O) groups is 1. The van der Waals surface area contributed by atoms with Crippen LogP contribution in [-0.4, -0.2) is 40.1 Å². The highest BCUT2D eigenvalue weighted by Gasteiger charge is 2.42. The fourth-order valence-electron chi connectivity index (χ4n) is 3.92. The zero-order chi connectivity index (χ0) is 22.9. The summed E-state index contributed by atoms with van der Waals surface area (Å²) in [5.74, 6) is -0.123. The largest absolute Gasteiger partial charge is 0.493 e. The number of fused-ring (bicyclic) bond motifs is 1. The van der Waals surface area contributed by atoms with Gasteiger partial charge in [-0.1, -0.05) is 30.3 Å². The number of halogens is 1. The molecule has 0 bridgehead atoms. The number of amides is 1. The van der Waals surface area contributed by atoms with E-state index in [9.17, 15) is 4.79 Å². The zero-order valence-electron chi connectivity index (χ0n) is 17.8. The first kappa shape index (κ1) is 20.5. The van der Waals surface area contributed by atoms with Crippen molar-refractivity contribution in [1.29, 1.82) is 0 Å². The molecule has 1 amide bonds. The molecule has 8 nitrogen and oxygen atoms in total. The molecule has 9 heteroatoms. The lowest BCUT2D eigenvalue weighted by molar-refractivity contribution is 0.0991. The van der Waals surface area contributed by atoms with Crippen molar-refractivity contribution in [2.75, 3.05) is 19.1 Å². The molecule has 1 aliphatic heterocycles. The number of hydrogen-bond acceptors (Lipinski definition) is 7. The number of hydrogen-bond donors (Lipinski definition) is 0. The maximum Gasteiger partial charge on any atom is 0.260 e. The first-order valence-electron chi connectivity index (χ1n) is 10.1. The van der Waals surface area contributed by atoms with Crippen molar-refractivity contribution in [2.45, 2.75) is 6.04 Å². The molecule has 0 saturated heterocycles. The molecule has 33 heavy (non-hydrogen) atoms. The monoisotopic (exact) mass is 443 g/mol. The number of aromatic nitrogens is 4. The van der Waals surface area contributed by atoms with E-state index in [1.807, 2.05) is 30.3 Å². The van der Waals surface area contributed by atoms with Gasteiger partial charge in [-0.25, -0.2) is 24.3 Å². The Morgan fingerprint density at radius 3 is 2.30 bits per heavy atom. The van der Waals surface area contributed by atoms with Crippen molar-refractivity contribution < 1.29 is 18.7 Å². The smallest absolute Gasteiger partial charge is 0.260 e. The lowest BCUT2D eigenvalue weighted by Gasteiger charge is -2.25. The molecule has 0 unspecified atom stereocenters. The molecule has 0 N–H and O–H groups in total. The molecular weight excluding hydrogens is 425 g/mol. The van der Waals surface area contributed by atoms with Crippen LogP contribution in [-0.2, 0) is 0 Å². The van der Waals surface area contributed by atoms with Gasteiger partial charge in [-0.15, -0.1) is 0 Å². The molecule has 1 atom stereocenters. The lowest BCUT2D eigenvalue weighted by atomic mass is 9.97. The number of carbonyl (C=O) groups excluding carboxylic acids is 1. The third-order valence-electron chi connectivity index (χ3n) is 5.39. The van der Waals surface area contributed by atoms with Crippen LogP contribution in [0.4, 0.5) is 10.2 Å². The zero-order valence-corrected chi connectivity index (χ0v) is 17.8. The average molecular weight is 443 g/mol. The Bertz CT molecular complexity index is 1340. The first-order valence-corrected chi connectivity index (χ1v) is 10.1. The van der Waals surface area contributed by atoms with E-state index >= 15 is 4.39 Å². The van der Waals surface area contributed by atoms with Crippen LogP contribution in [0.1, 0.15) is 27.5 Å². The van der Waals surface area contributed by atoms with Gasteiger partial charge in [0.25, 0.3) is 5.91 Å². The number of ether oxygens (including phenoxy) is 2. The van der Waals surface area contributed by atoms with Gasteiger partial charge < -0.3 is 9.47 Å². The molecule has 2 aromatic carbocycles. The van der Waals surface area contributed by atoms with E-state index in [0.29, 0.717) is 22.6 Å². The Hall–Kier alpha value is -4.40. The van der Waals surface area contributed by atoms with Crippen LogP contribution < -0.4 is 14.4 Å². The standard InChI is InChI=1S/C24H18FN5O3/c1-32-18-11-15-16(12-19(18)33-2)24(31)30(20(15)14-7-4-3-5-8-14)23-17(25)13-28-22(29-23)21-26-9-6-10-27-21/h3-13,20H,1-2H3/t20-/m0/s1. The minimum atomic E-state index is -0.740. The molecule has 5 rings (SSSR count). The molecule has 4 aromatic rings. The predicted octanol–water partition coefficient (Wildman–Crippen LogP) is 3.84. The van der Waals surface area contributed by atoms with Crippen LogP contribution >= 0.6 is 0 Å². The quantitative estimate of drug-likeness (QED) is 0.463. The van der Waals surface area contributed by atoms with Gasteiger partial charge in [0.15, 0.2) is 34.8 Å². The van der Waals surface area contributed by atoms with E-state index in [4.69, 9.17) is 9.47 Å². The van der Waals surface area contributed by atoms with Crippen molar-refractivity contribution in [2.24, 2.45) is 0 Å². The van der Waals surface area contributed by atoms with Crippen molar-refractivity contribution >= 4 is 11.7 Å². The minimum absolute atomic E-state index is 0.109. The molecule has 0 fully saturated rings. The Balaban J connectivity index is 1.72. The summed E-state index contributed by atoms with van der Waals surface area (Å²) in [6.45, 7) is 0. The van der Waals surface area contributed by atoms with E-state index in [1.165, 1.54) is 31.5 Å². The van der Waals surface area contributed by atoms with Gasteiger partial charge in [0.2, 0.25) is 0 Å². The molecule has 164 valence electrons. The molecule has 0 radical (unpaired) electrons. The number of rotatable bonds is 5. The maximum atomic E-state index is 15.1. The maximum absolute atomic E-state index is 15.1. The SMILES string of the molecule is COc1cc2c(cc1OC)[C@H](c1ccccc1)N(c1nc(-c3ncccn3)ncc1F)C2=O. The van der Waals surface area contributed by atoms with E-state index < -0.39 is 17.8 Å². The van der Waals surface area contributed by atoms with Crippen LogP contribution in [0, 0.1) is 5.82 Å². The molecular formula is C24H18FN5O3. The van der Waals surface area contributed by atoms with Gasteiger partial charge in [0.1, 0.15) is 0 Å². The normalized spacial score (nSPS) is 14.8. The fourth-order valence-corrected chi connectivity index (χ4v) is 3.92. The van der Waals surface area contributed by atoms with E-state index in [-0.39, 0.29) is 17.5 Å². The molecule has 1 aliphatic rings. The highest BCUT2D eigenvalue weighted by molar-refractivity contribution is 6.11. The van der Waals surface area contributed by atoms with Crippen molar-refractivity contribution in [3.8, 4) is 23.1 Å². The van der Waals surface area contributed by atoms with Crippen LogP contribution in [0.25, 0.3) is 11.6 Å². The van der Waals surface area contributed by atoms with Crippen LogP contribution in [0.5, 0.6) is 11.5 Å². The third kappa shape index (κ3) is 3.43. The Kier molecular flexibility index (Phi) is 5.14. The summed E-state index contributed by atoms with van der Waals surface area (Å²) in [5.41, 5.74) is 1.81.